The van der Waals surface area contributed by atoms with E-state index in [0.29, 0.717) is 22.7 Å². The van der Waals surface area contributed by atoms with Crippen LogP contribution in [0.2, 0.25) is 9.45 Å². The van der Waals surface area contributed by atoms with Crippen molar-refractivity contribution in [2.45, 2.75) is 217 Å². The van der Waals surface area contributed by atoms with Crippen LogP contribution in [-0.4, -0.2) is 13.2 Å². The summed E-state index contributed by atoms with van der Waals surface area (Å²) in [4.78, 5) is 0. The van der Waals surface area contributed by atoms with Crippen LogP contribution in [0.1, 0.15) is 207 Å². The standard InChI is InChI=1S/2C9H19O.2C9H19.O.Ti/c2*1-2-3-4-5-6-7-8-9-10;2*1-3-5-7-9-8-6-4-2;;/h2*2-9H2,1H3;2*1,3-9H2,2H3;;/q2*-1;;;;+2. The average molecular weight is 605 g/mol. The van der Waals surface area contributed by atoms with Gasteiger partial charge in [0, 0.05) is 0 Å². The van der Waals surface area contributed by atoms with E-state index in [1.54, 1.807) is 0 Å². The molecule has 0 rings (SSSR count). The summed E-state index contributed by atoms with van der Waals surface area (Å²) >= 11 is -4.71. The van der Waals surface area contributed by atoms with Crippen LogP contribution in [0.4, 0.5) is 0 Å². The number of unbranched alkanes of at least 4 members (excludes halogenated alkanes) is 24. The Labute approximate surface area is 255 Å². The van der Waals surface area contributed by atoms with Gasteiger partial charge in [-0.15, -0.1) is 0 Å². The minimum absolute atomic E-state index is 0.637. The van der Waals surface area contributed by atoms with Gasteiger partial charge in [-0.05, 0) is 0 Å². The zero-order valence-electron chi connectivity index (χ0n) is 28.4. The van der Waals surface area contributed by atoms with Gasteiger partial charge in [-0.2, -0.15) is 0 Å². The molecule has 242 valence electrons. The Bertz CT molecular complexity index is 514. The second-order valence-corrected chi connectivity index (χ2v) is 19.8. The van der Waals surface area contributed by atoms with Crippen molar-refractivity contribution in [3.8, 4) is 0 Å². The Morgan fingerprint density at radius 2 is 0.550 bits per heavy atom. The molecule has 0 aromatic heterocycles. The van der Waals surface area contributed by atoms with E-state index in [9.17, 15) is 0 Å². The summed E-state index contributed by atoms with van der Waals surface area (Å²) in [5.74, 6) is 0. The molecule has 4 heteroatoms. The molecule has 0 amide bonds. The third-order valence-electron chi connectivity index (χ3n) is 8.87. The molecule has 0 saturated carbocycles. The zero-order valence-corrected chi connectivity index (χ0v) is 29.9. The maximum atomic E-state index is 15.0. The van der Waals surface area contributed by atoms with Crippen LogP contribution in [0.3, 0.4) is 0 Å². The van der Waals surface area contributed by atoms with Crippen molar-refractivity contribution in [1.82, 2.24) is 0 Å². The van der Waals surface area contributed by atoms with E-state index < -0.39 is 16.1 Å². The summed E-state index contributed by atoms with van der Waals surface area (Å²) < 4.78 is 29.7. The van der Waals surface area contributed by atoms with E-state index in [2.05, 4.69) is 27.7 Å². The van der Waals surface area contributed by atoms with Crippen LogP contribution in [0, 0.1) is 0 Å². The summed E-state index contributed by atoms with van der Waals surface area (Å²) in [6.45, 7) is 10.4. The van der Waals surface area contributed by atoms with E-state index in [1.807, 2.05) is 0 Å². The third kappa shape index (κ3) is 25.0. The summed E-state index contributed by atoms with van der Waals surface area (Å²) in [5.41, 5.74) is 0. The molecule has 0 unspecified atom stereocenters. The Morgan fingerprint density at radius 3 is 0.825 bits per heavy atom. The van der Waals surface area contributed by atoms with Crippen LogP contribution in [-0.2, 0) is 26.0 Å². The van der Waals surface area contributed by atoms with Crippen LogP contribution in [0.5, 0.6) is 0 Å². The van der Waals surface area contributed by atoms with Crippen molar-refractivity contribution < 1.29 is 26.0 Å². The summed E-state index contributed by atoms with van der Waals surface area (Å²) in [7, 11) is 0. The topological polar surface area (TPSA) is 35.5 Å². The molecule has 0 radical (unpaired) electrons. The first-order valence-corrected chi connectivity index (χ1v) is 22.8. The molecule has 0 spiro atoms. The quantitative estimate of drug-likeness (QED) is 0.0541. The van der Waals surface area contributed by atoms with Gasteiger partial charge in [0.15, 0.2) is 0 Å². The third-order valence-corrected chi connectivity index (χ3v) is 15.6. The minimum atomic E-state index is -4.71. The summed E-state index contributed by atoms with van der Waals surface area (Å²) in [6.07, 6.45) is 35.1. The normalized spacial score (nSPS) is 12.4. The van der Waals surface area contributed by atoms with Crippen molar-refractivity contribution >= 4 is 0 Å². The predicted octanol–water partition coefficient (Wildman–Crippen LogP) is 13.7. The van der Waals surface area contributed by atoms with Gasteiger partial charge >= 0.3 is 256 Å². The molecule has 0 fully saturated rings. The van der Waals surface area contributed by atoms with Gasteiger partial charge < -0.3 is 0 Å². The molecule has 0 aliphatic carbocycles. The van der Waals surface area contributed by atoms with Crippen molar-refractivity contribution in [3.63, 3.8) is 0 Å². The van der Waals surface area contributed by atoms with Gasteiger partial charge in [0.05, 0.1) is 0 Å². The van der Waals surface area contributed by atoms with E-state index in [0.717, 1.165) is 25.7 Å². The van der Waals surface area contributed by atoms with Gasteiger partial charge in [0.1, 0.15) is 0 Å². The second kappa shape index (κ2) is 29.5. The van der Waals surface area contributed by atoms with Crippen LogP contribution in [0.15, 0.2) is 0 Å². The summed E-state index contributed by atoms with van der Waals surface area (Å²) in [6, 6.07) is 0. The monoisotopic (exact) mass is 605 g/mol. The number of rotatable bonds is 34. The molecule has 0 aromatic carbocycles. The first-order valence-electron chi connectivity index (χ1n) is 18.7. The zero-order chi connectivity index (χ0) is 29.5. The molecule has 0 heterocycles. The van der Waals surface area contributed by atoms with Gasteiger partial charge in [-0.3, -0.25) is 0 Å². The first-order chi connectivity index (χ1) is 19.5. The van der Waals surface area contributed by atoms with E-state index >= 15 is 3.32 Å². The van der Waals surface area contributed by atoms with Gasteiger partial charge in [-0.1, -0.05) is 0 Å². The SMILES string of the molecule is CCCCCCCCC[O][Ti](=[O])([CH2]CCCCCCCC)([CH2]CCCCCCCC)[O]CCCCCCCCC. The Hall–Kier alpha value is 0.434. The van der Waals surface area contributed by atoms with Gasteiger partial charge in [0.2, 0.25) is 0 Å². The van der Waals surface area contributed by atoms with Gasteiger partial charge in [0.25, 0.3) is 0 Å². The molecule has 0 N–H and O–H groups in total. The fourth-order valence-electron chi connectivity index (χ4n) is 6.02. The van der Waals surface area contributed by atoms with Crippen molar-refractivity contribution in [1.29, 1.82) is 0 Å². The molecule has 40 heavy (non-hydrogen) atoms. The molecule has 0 saturated heterocycles. The molecule has 0 aromatic rings. The molecule has 0 aliphatic heterocycles. The predicted molar refractivity (Wildman–Crippen MR) is 174 cm³/mol. The first kappa shape index (κ1) is 40.4. The molecule has 3 nitrogen and oxygen atoms in total. The fraction of sp³-hybridized carbons (Fsp3) is 1.00. The molecule has 0 atom stereocenters. The van der Waals surface area contributed by atoms with Crippen molar-refractivity contribution in [2.24, 2.45) is 0 Å². The maximum absolute atomic E-state index is 15.0. The Kier molecular flexibility index (Phi) is 29.8. The Morgan fingerprint density at radius 1 is 0.325 bits per heavy atom. The van der Waals surface area contributed by atoms with Crippen molar-refractivity contribution in [3.05, 3.63) is 0 Å². The van der Waals surface area contributed by atoms with Crippen LogP contribution < -0.4 is 0 Å². The summed E-state index contributed by atoms with van der Waals surface area (Å²) in [5, 5.41) is 0. The molecular formula is C36H76O3Ti. The van der Waals surface area contributed by atoms with E-state index in [1.165, 1.54) is 154 Å². The second-order valence-electron chi connectivity index (χ2n) is 13.0. The van der Waals surface area contributed by atoms with Crippen LogP contribution >= 0.6 is 0 Å². The van der Waals surface area contributed by atoms with Gasteiger partial charge in [-0.25, -0.2) is 0 Å². The molecular weight excluding hydrogens is 528 g/mol. The molecule has 0 aliphatic rings. The fourth-order valence-corrected chi connectivity index (χ4v) is 12.2. The van der Waals surface area contributed by atoms with E-state index in [-0.39, 0.29) is 0 Å². The van der Waals surface area contributed by atoms with Crippen LogP contribution in [0.25, 0.3) is 0 Å². The molecule has 0 bridgehead atoms. The number of hydrogen-bond acceptors (Lipinski definition) is 3. The number of hydrogen-bond donors (Lipinski definition) is 0. The average Bonchev–Trinajstić information content (AvgIpc) is 2.95. The van der Waals surface area contributed by atoms with E-state index in [4.69, 9.17) is 6.64 Å². The van der Waals surface area contributed by atoms with Crippen molar-refractivity contribution in [2.75, 3.05) is 13.2 Å². The Balaban J connectivity index is 5.04.